The molecular weight excluding hydrogens is 294 g/mol. The van der Waals surface area contributed by atoms with E-state index in [4.69, 9.17) is 11.2 Å². The average molecular weight is 321 g/mol. The SMILES string of the molecule is C#CCNC(=O)CN1CCCN(C(=O)C[C@H]2CCCCO2)CC1. The molecule has 2 fully saturated rings. The van der Waals surface area contributed by atoms with Crippen molar-refractivity contribution in [1.82, 2.24) is 15.1 Å². The zero-order chi connectivity index (χ0) is 16.5. The second kappa shape index (κ2) is 9.53. The van der Waals surface area contributed by atoms with Crippen LogP contribution >= 0.6 is 0 Å². The lowest BCUT2D eigenvalue weighted by atomic mass is 10.1. The molecule has 2 amide bonds. The Hall–Kier alpha value is -1.58. The Morgan fingerprint density at radius 1 is 1.17 bits per heavy atom. The Balaban J connectivity index is 1.73. The van der Waals surface area contributed by atoms with Gasteiger partial charge in [0.25, 0.3) is 0 Å². The van der Waals surface area contributed by atoms with Crippen molar-refractivity contribution in [2.24, 2.45) is 0 Å². The number of carbonyl (C=O) groups is 2. The van der Waals surface area contributed by atoms with Gasteiger partial charge in [0.1, 0.15) is 0 Å². The highest BCUT2D eigenvalue weighted by molar-refractivity contribution is 5.78. The molecule has 0 aliphatic carbocycles. The van der Waals surface area contributed by atoms with Gasteiger partial charge in [-0.05, 0) is 25.7 Å². The van der Waals surface area contributed by atoms with Crippen LogP contribution in [0.5, 0.6) is 0 Å². The highest BCUT2D eigenvalue weighted by atomic mass is 16.5. The van der Waals surface area contributed by atoms with E-state index in [1.54, 1.807) is 0 Å². The summed E-state index contributed by atoms with van der Waals surface area (Å²) < 4.78 is 5.65. The van der Waals surface area contributed by atoms with E-state index in [1.807, 2.05) is 4.90 Å². The van der Waals surface area contributed by atoms with Gasteiger partial charge >= 0.3 is 0 Å². The molecule has 0 saturated carbocycles. The summed E-state index contributed by atoms with van der Waals surface area (Å²) in [5.41, 5.74) is 0. The molecule has 2 saturated heterocycles. The predicted molar refractivity (Wildman–Crippen MR) is 87.7 cm³/mol. The molecule has 6 heteroatoms. The second-order valence-corrected chi connectivity index (χ2v) is 6.18. The fraction of sp³-hybridized carbons (Fsp3) is 0.765. The van der Waals surface area contributed by atoms with E-state index < -0.39 is 0 Å². The van der Waals surface area contributed by atoms with Crippen LogP contribution in [0.1, 0.15) is 32.1 Å². The van der Waals surface area contributed by atoms with Crippen molar-refractivity contribution < 1.29 is 14.3 Å². The summed E-state index contributed by atoms with van der Waals surface area (Å²) in [4.78, 5) is 28.1. The molecule has 0 aromatic heterocycles. The summed E-state index contributed by atoms with van der Waals surface area (Å²) >= 11 is 0. The minimum atomic E-state index is -0.0571. The molecule has 2 rings (SSSR count). The number of carbonyl (C=O) groups excluding carboxylic acids is 2. The van der Waals surface area contributed by atoms with Crippen molar-refractivity contribution in [2.75, 3.05) is 45.9 Å². The highest BCUT2D eigenvalue weighted by Crippen LogP contribution is 2.17. The van der Waals surface area contributed by atoms with E-state index in [0.29, 0.717) is 19.5 Å². The van der Waals surface area contributed by atoms with Crippen molar-refractivity contribution in [3.63, 3.8) is 0 Å². The monoisotopic (exact) mass is 321 g/mol. The third kappa shape index (κ3) is 6.20. The lowest BCUT2D eigenvalue weighted by Gasteiger charge is -2.26. The summed E-state index contributed by atoms with van der Waals surface area (Å²) in [6.45, 7) is 4.36. The van der Waals surface area contributed by atoms with E-state index in [-0.39, 0.29) is 24.5 Å². The molecule has 0 unspecified atom stereocenters. The van der Waals surface area contributed by atoms with E-state index in [9.17, 15) is 9.59 Å². The van der Waals surface area contributed by atoms with Crippen LogP contribution in [0, 0.1) is 12.3 Å². The first kappa shape index (κ1) is 17.8. The third-order valence-electron chi connectivity index (χ3n) is 4.37. The largest absolute Gasteiger partial charge is 0.378 e. The van der Waals surface area contributed by atoms with Gasteiger partial charge in [-0.2, -0.15) is 0 Å². The first-order chi connectivity index (χ1) is 11.2. The summed E-state index contributed by atoms with van der Waals surface area (Å²) in [6.07, 6.45) is 9.84. The molecule has 2 aliphatic heterocycles. The van der Waals surface area contributed by atoms with Gasteiger partial charge in [0.05, 0.1) is 25.6 Å². The smallest absolute Gasteiger partial charge is 0.234 e. The van der Waals surface area contributed by atoms with E-state index >= 15 is 0 Å². The summed E-state index contributed by atoms with van der Waals surface area (Å²) in [7, 11) is 0. The van der Waals surface area contributed by atoms with Gasteiger partial charge in [-0.25, -0.2) is 0 Å². The molecular formula is C17H27N3O3. The van der Waals surface area contributed by atoms with Gasteiger partial charge in [0, 0.05) is 32.8 Å². The third-order valence-corrected chi connectivity index (χ3v) is 4.37. The van der Waals surface area contributed by atoms with Gasteiger partial charge in [0.15, 0.2) is 0 Å². The topological polar surface area (TPSA) is 61.9 Å². The number of nitrogens with one attached hydrogen (secondary N) is 1. The molecule has 23 heavy (non-hydrogen) atoms. The van der Waals surface area contributed by atoms with Crippen LogP contribution in [-0.2, 0) is 14.3 Å². The maximum Gasteiger partial charge on any atom is 0.234 e. The molecule has 2 aliphatic rings. The standard InChI is InChI=1S/C17H27N3O3/c1-2-7-18-16(21)14-19-8-5-9-20(11-10-19)17(22)13-15-6-3-4-12-23-15/h1,15H,3-14H2,(H,18,21)/t15-/m1/s1. The van der Waals surface area contributed by atoms with Crippen molar-refractivity contribution in [1.29, 1.82) is 0 Å². The Morgan fingerprint density at radius 2 is 2.04 bits per heavy atom. The van der Waals surface area contributed by atoms with Gasteiger partial charge in [-0.15, -0.1) is 6.42 Å². The number of amides is 2. The number of nitrogens with zero attached hydrogens (tertiary/aromatic N) is 2. The Kier molecular flexibility index (Phi) is 7.37. The minimum absolute atomic E-state index is 0.0571. The van der Waals surface area contributed by atoms with Gasteiger partial charge in [-0.3, -0.25) is 14.5 Å². The van der Waals surface area contributed by atoms with Crippen molar-refractivity contribution in [3.05, 3.63) is 0 Å². The van der Waals surface area contributed by atoms with E-state index in [2.05, 4.69) is 16.1 Å². The molecule has 6 nitrogen and oxygen atoms in total. The van der Waals surface area contributed by atoms with Crippen molar-refractivity contribution in [2.45, 2.75) is 38.2 Å². The lowest BCUT2D eigenvalue weighted by Crippen LogP contribution is -2.40. The maximum absolute atomic E-state index is 12.4. The van der Waals surface area contributed by atoms with Crippen LogP contribution in [0.15, 0.2) is 0 Å². The van der Waals surface area contributed by atoms with Gasteiger partial charge < -0.3 is 15.0 Å². The van der Waals surface area contributed by atoms with Crippen LogP contribution in [0.25, 0.3) is 0 Å². The summed E-state index contributed by atoms with van der Waals surface area (Å²) in [5.74, 6) is 2.51. The summed E-state index contributed by atoms with van der Waals surface area (Å²) in [5, 5.41) is 2.67. The van der Waals surface area contributed by atoms with E-state index in [0.717, 1.165) is 51.9 Å². The minimum Gasteiger partial charge on any atom is -0.378 e. The molecule has 1 atom stereocenters. The van der Waals surface area contributed by atoms with Crippen LogP contribution in [0.2, 0.25) is 0 Å². The van der Waals surface area contributed by atoms with Gasteiger partial charge in [-0.1, -0.05) is 5.92 Å². The molecule has 0 bridgehead atoms. The van der Waals surface area contributed by atoms with Gasteiger partial charge in [0.2, 0.25) is 11.8 Å². The zero-order valence-corrected chi connectivity index (χ0v) is 13.8. The van der Waals surface area contributed by atoms with Crippen molar-refractivity contribution >= 4 is 11.8 Å². The maximum atomic E-state index is 12.4. The Labute approximate surface area is 138 Å². The number of hydrogen-bond acceptors (Lipinski definition) is 4. The predicted octanol–water partition coefficient (Wildman–Crippen LogP) is 0.229. The Morgan fingerprint density at radius 3 is 2.78 bits per heavy atom. The van der Waals surface area contributed by atoms with Crippen LogP contribution < -0.4 is 5.32 Å². The van der Waals surface area contributed by atoms with Crippen molar-refractivity contribution in [3.8, 4) is 12.3 Å². The first-order valence-corrected chi connectivity index (χ1v) is 8.51. The Bertz CT molecular complexity index is 441. The highest BCUT2D eigenvalue weighted by Gasteiger charge is 2.24. The lowest BCUT2D eigenvalue weighted by molar-refractivity contribution is -0.135. The number of ether oxygens (including phenoxy) is 1. The zero-order valence-electron chi connectivity index (χ0n) is 13.8. The number of terminal acetylenes is 1. The molecule has 128 valence electrons. The second-order valence-electron chi connectivity index (χ2n) is 6.18. The fourth-order valence-corrected chi connectivity index (χ4v) is 3.08. The van der Waals surface area contributed by atoms with E-state index in [1.165, 1.54) is 0 Å². The number of rotatable bonds is 5. The quantitative estimate of drug-likeness (QED) is 0.737. The normalized spacial score (nSPS) is 22.9. The molecule has 0 radical (unpaired) electrons. The number of hydrogen-bond donors (Lipinski definition) is 1. The molecule has 2 heterocycles. The molecule has 1 N–H and O–H groups in total. The summed E-state index contributed by atoms with van der Waals surface area (Å²) in [6, 6.07) is 0. The van der Waals surface area contributed by atoms with Crippen LogP contribution in [0.4, 0.5) is 0 Å². The van der Waals surface area contributed by atoms with Crippen LogP contribution in [-0.4, -0.2) is 73.6 Å². The average Bonchev–Trinajstić information content (AvgIpc) is 2.79. The fourth-order valence-electron chi connectivity index (χ4n) is 3.08. The molecule has 0 spiro atoms. The first-order valence-electron chi connectivity index (χ1n) is 8.51. The molecule has 0 aromatic rings. The van der Waals surface area contributed by atoms with Crippen LogP contribution in [0.3, 0.4) is 0 Å². The molecule has 0 aromatic carbocycles.